The first-order chi connectivity index (χ1) is 10.1. The summed E-state index contributed by atoms with van der Waals surface area (Å²) in [4.78, 5) is 11.9. The molecule has 3 N–H and O–H groups in total. The molecule has 1 amide bonds. The predicted octanol–water partition coefficient (Wildman–Crippen LogP) is 1.29. The Balaban J connectivity index is 1.87. The Labute approximate surface area is 124 Å². The van der Waals surface area contributed by atoms with E-state index in [4.69, 9.17) is 15.7 Å². The number of ether oxygens (including phenoxy) is 1. The van der Waals surface area contributed by atoms with Gasteiger partial charge in [0.2, 0.25) is 5.91 Å². The van der Waals surface area contributed by atoms with Crippen LogP contribution in [0.3, 0.4) is 0 Å². The molecule has 2 rings (SSSR count). The monoisotopic (exact) mass is 285 g/mol. The highest BCUT2D eigenvalue weighted by molar-refractivity contribution is 5.83. The molecule has 1 atom stereocenters. The van der Waals surface area contributed by atoms with E-state index in [0.29, 0.717) is 25.9 Å². The Hall–Kier alpha value is -2.32. The van der Waals surface area contributed by atoms with E-state index in [1.165, 1.54) is 0 Å². The number of carbonyl (C=O) groups excluding carboxylic acids is 1. The highest BCUT2D eigenvalue weighted by Crippen LogP contribution is 2.34. The van der Waals surface area contributed by atoms with E-state index in [1.54, 1.807) is 6.08 Å². The molecular weight excluding hydrogens is 266 g/mol. The highest BCUT2D eigenvalue weighted by Gasteiger charge is 2.45. The number of hydrogen-bond donors (Lipinski definition) is 2. The summed E-state index contributed by atoms with van der Waals surface area (Å²) in [6, 6.07) is 8.88. The summed E-state index contributed by atoms with van der Waals surface area (Å²) in [5, 5.41) is 11.7. The van der Waals surface area contributed by atoms with Gasteiger partial charge in [0.1, 0.15) is 17.9 Å². The van der Waals surface area contributed by atoms with Gasteiger partial charge < -0.3 is 15.8 Å². The Kier molecular flexibility index (Phi) is 4.61. The minimum Gasteiger partial charge on any atom is -0.490 e. The fourth-order valence-electron chi connectivity index (χ4n) is 1.94. The van der Waals surface area contributed by atoms with E-state index in [2.05, 4.69) is 18.0 Å². The zero-order valence-electron chi connectivity index (χ0n) is 11.8. The zero-order valence-corrected chi connectivity index (χ0v) is 11.8. The summed E-state index contributed by atoms with van der Waals surface area (Å²) in [5.41, 5.74) is 6.17. The van der Waals surface area contributed by atoms with Crippen molar-refractivity contribution in [1.29, 1.82) is 5.26 Å². The highest BCUT2D eigenvalue weighted by atomic mass is 16.5. The summed E-state index contributed by atoms with van der Waals surface area (Å²) in [7, 11) is 0. The molecule has 0 unspecified atom stereocenters. The second-order valence-corrected chi connectivity index (χ2v) is 5.24. The minimum absolute atomic E-state index is 0.277. The lowest BCUT2D eigenvalue weighted by Crippen LogP contribution is -2.47. The first kappa shape index (κ1) is 15.1. The smallest absolute Gasteiger partial charge is 0.238 e. The first-order valence-corrected chi connectivity index (χ1v) is 6.90. The van der Waals surface area contributed by atoms with Crippen molar-refractivity contribution in [2.24, 2.45) is 5.73 Å². The van der Waals surface area contributed by atoms with Gasteiger partial charge in [-0.3, -0.25) is 4.79 Å². The summed E-state index contributed by atoms with van der Waals surface area (Å²) in [6.45, 7) is 4.04. The fourth-order valence-corrected chi connectivity index (χ4v) is 1.94. The summed E-state index contributed by atoms with van der Waals surface area (Å²) in [6.07, 6.45) is 3.51. The number of nitrogens with two attached hydrogens (primary N) is 1. The normalized spacial score (nSPS) is 16.4. The van der Waals surface area contributed by atoms with Crippen molar-refractivity contribution in [2.45, 2.75) is 30.8 Å². The number of rotatable bonds is 7. The number of carbonyl (C=O) groups is 1. The molecule has 0 heterocycles. The molecule has 1 saturated carbocycles. The van der Waals surface area contributed by atoms with E-state index in [-0.39, 0.29) is 5.91 Å². The van der Waals surface area contributed by atoms with Gasteiger partial charge in [0.15, 0.2) is 0 Å². The maximum absolute atomic E-state index is 11.9. The Bertz CT molecular complexity index is 556. The lowest BCUT2D eigenvalue weighted by molar-refractivity contribution is -0.122. The molecule has 21 heavy (non-hydrogen) atoms. The van der Waals surface area contributed by atoms with Crippen molar-refractivity contribution in [3.63, 3.8) is 0 Å². The number of nitrogens with one attached hydrogen (secondary N) is 1. The second-order valence-electron chi connectivity index (χ2n) is 5.24. The fraction of sp³-hybridized carbons (Fsp3) is 0.375. The number of nitrogens with zero attached hydrogens (tertiary/aromatic N) is 1. The van der Waals surface area contributed by atoms with Gasteiger partial charge in [0, 0.05) is 0 Å². The molecule has 5 nitrogen and oxygen atoms in total. The van der Waals surface area contributed by atoms with Gasteiger partial charge in [0.05, 0.1) is 12.1 Å². The van der Waals surface area contributed by atoms with Crippen LogP contribution in [0, 0.1) is 11.3 Å². The standard InChI is InChI=1S/C16H19N3O2/c1-2-9-21-13-5-3-12(4-6-13)10-14(18)15(20)19-16(11-17)7-8-16/h2-6,14H,1,7-10,18H2,(H,19,20)/t14-/m0/s1. The maximum atomic E-state index is 11.9. The molecule has 0 aliphatic heterocycles. The van der Waals surface area contributed by atoms with Gasteiger partial charge >= 0.3 is 0 Å². The van der Waals surface area contributed by atoms with Gasteiger partial charge in [-0.1, -0.05) is 24.8 Å². The van der Waals surface area contributed by atoms with Crippen LogP contribution < -0.4 is 15.8 Å². The van der Waals surface area contributed by atoms with Crippen LogP contribution in [0.1, 0.15) is 18.4 Å². The quantitative estimate of drug-likeness (QED) is 0.739. The first-order valence-electron chi connectivity index (χ1n) is 6.90. The predicted molar refractivity (Wildman–Crippen MR) is 79.5 cm³/mol. The number of hydrogen-bond acceptors (Lipinski definition) is 4. The van der Waals surface area contributed by atoms with E-state index in [9.17, 15) is 4.79 Å². The van der Waals surface area contributed by atoms with Gasteiger partial charge in [0.25, 0.3) is 0 Å². The third-order valence-corrected chi connectivity index (χ3v) is 3.41. The lowest BCUT2D eigenvalue weighted by Gasteiger charge is -2.15. The molecule has 1 fully saturated rings. The maximum Gasteiger partial charge on any atom is 0.238 e. The van der Waals surface area contributed by atoms with Crippen molar-refractivity contribution >= 4 is 5.91 Å². The van der Waals surface area contributed by atoms with Crippen molar-refractivity contribution in [3.8, 4) is 11.8 Å². The summed E-state index contributed by atoms with van der Waals surface area (Å²) >= 11 is 0. The van der Waals surface area contributed by atoms with Crippen LogP contribution in [0.25, 0.3) is 0 Å². The van der Waals surface area contributed by atoms with Gasteiger partial charge in [-0.05, 0) is 37.0 Å². The van der Waals surface area contributed by atoms with Crippen molar-refractivity contribution in [1.82, 2.24) is 5.32 Å². The number of benzene rings is 1. The molecule has 0 radical (unpaired) electrons. The van der Waals surface area contributed by atoms with E-state index < -0.39 is 11.6 Å². The Morgan fingerprint density at radius 1 is 1.52 bits per heavy atom. The third-order valence-electron chi connectivity index (χ3n) is 3.41. The molecule has 0 bridgehead atoms. The Morgan fingerprint density at radius 2 is 2.19 bits per heavy atom. The SMILES string of the molecule is C=CCOc1ccc(C[C@H](N)C(=O)NC2(C#N)CC2)cc1. The minimum atomic E-state index is -0.670. The van der Waals surface area contributed by atoms with Crippen molar-refractivity contribution in [2.75, 3.05) is 6.61 Å². The topological polar surface area (TPSA) is 88.1 Å². The van der Waals surface area contributed by atoms with Crippen molar-refractivity contribution in [3.05, 3.63) is 42.5 Å². The van der Waals surface area contributed by atoms with Crippen LogP contribution >= 0.6 is 0 Å². The average molecular weight is 285 g/mol. The van der Waals surface area contributed by atoms with Gasteiger partial charge in [-0.25, -0.2) is 0 Å². The molecule has 110 valence electrons. The average Bonchev–Trinajstić information content (AvgIpc) is 3.26. The van der Waals surface area contributed by atoms with Crippen molar-refractivity contribution < 1.29 is 9.53 Å². The molecule has 1 aromatic rings. The molecular formula is C16H19N3O2. The lowest BCUT2D eigenvalue weighted by atomic mass is 10.1. The second kappa shape index (κ2) is 6.42. The van der Waals surface area contributed by atoms with Crippen LogP contribution in [0.2, 0.25) is 0 Å². The van der Waals surface area contributed by atoms with E-state index in [0.717, 1.165) is 11.3 Å². The van der Waals surface area contributed by atoms with Gasteiger partial charge in [-0.2, -0.15) is 5.26 Å². The van der Waals surface area contributed by atoms with Crippen LogP contribution in [-0.4, -0.2) is 24.1 Å². The van der Waals surface area contributed by atoms with Crippen LogP contribution in [0.15, 0.2) is 36.9 Å². The largest absolute Gasteiger partial charge is 0.490 e. The molecule has 1 aliphatic rings. The van der Waals surface area contributed by atoms with Crippen LogP contribution in [-0.2, 0) is 11.2 Å². The molecule has 0 aromatic heterocycles. The zero-order chi connectivity index (χ0) is 15.3. The number of amides is 1. The molecule has 0 saturated heterocycles. The Morgan fingerprint density at radius 3 is 2.71 bits per heavy atom. The summed E-state index contributed by atoms with van der Waals surface area (Å²) in [5.74, 6) is 0.471. The summed E-state index contributed by atoms with van der Waals surface area (Å²) < 4.78 is 5.39. The molecule has 1 aliphatic carbocycles. The van der Waals surface area contributed by atoms with E-state index >= 15 is 0 Å². The molecule has 1 aromatic carbocycles. The number of nitriles is 1. The molecule has 5 heteroatoms. The van der Waals surface area contributed by atoms with Crippen LogP contribution in [0.4, 0.5) is 0 Å². The van der Waals surface area contributed by atoms with E-state index in [1.807, 2.05) is 24.3 Å². The van der Waals surface area contributed by atoms with Gasteiger partial charge in [-0.15, -0.1) is 0 Å². The third kappa shape index (κ3) is 4.07. The molecule has 0 spiro atoms. The van der Waals surface area contributed by atoms with Crippen LogP contribution in [0.5, 0.6) is 5.75 Å².